The van der Waals surface area contributed by atoms with Crippen molar-refractivity contribution in [1.82, 2.24) is 0 Å². The number of ether oxygens (including phenoxy) is 1. The Labute approximate surface area is 245 Å². The van der Waals surface area contributed by atoms with Gasteiger partial charge < -0.3 is 4.74 Å². The van der Waals surface area contributed by atoms with E-state index in [4.69, 9.17) is 4.74 Å². The van der Waals surface area contributed by atoms with Gasteiger partial charge in [-0.25, -0.2) is 0 Å². The Kier molecular flexibility index (Phi) is 4.88. The van der Waals surface area contributed by atoms with Crippen molar-refractivity contribution in [2.75, 3.05) is 0 Å². The molecule has 7 aromatic rings. The highest BCUT2D eigenvalue weighted by atomic mass is 16.5. The molecule has 2 aliphatic rings. The highest BCUT2D eigenvalue weighted by molar-refractivity contribution is 5.97. The first-order chi connectivity index (χ1) is 20.8. The van der Waals surface area contributed by atoms with E-state index in [9.17, 15) is 0 Å². The molecule has 0 saturated heterocycles. The molecule has 0 fully saturated rings. The summed E-state index contributed by atoms with van der Waals surface area (Å²) in [7, 11) is 0. The van der Waals surface area contributed by atoms with Crippen molar-refractivity contribution in [2.45, 2.75) is 5.41 Å². The number of rotatable bonds is 2. The summed E-state index contributed by atoms with van der Waals surface area (Å²) in [5.74, 6) is 1.83. The third-order valence-electron chi connectivity index (χ3n) is 9.14. The fraction of sp³-hybridized carbons (Fsp3) is 0.0244. The largest absolute Gasteiger partial charge is 0.457 e. The van der Waals surface area contributed by atoms with Crippen LogP contribution < -0.4 is 4.74 Å². The summed E-state index contributed by atoms with van der Waals surface area (Å²) in [6.07, 6.45) is 0. The van der Waals surface area contributed by atoms with Gasteiger partial charge in [-0.3, -0.25) is 0 Å². The van der Waals surface area contributed by atoms with Gasteiger partial charge in [-0.05, 0) is 79.5 Å². The average molecular weight is 535 g/mol. The molecule has 42 heavy (non-hydrogen) atoms. The fourth-order valence-corrected chi connectivity index (χ4v) is 7.38. The molecule has 0 bridgehead atoms. The Morgan fingerprint density at radius 3 is 1.76 bits per heavy atom. The molecule has 1 aliphatic carbocycles. The van der Waals surface area contributed by atoms with Crippen LogP contribution in [-0.4, -0.2) is 0 Å². The molecule has 196 valence electrons. The number of hydrogen-bond donors (Lipinski definition) is 0. The van der Waals surface area contributed by atoms with Gasteiger partial charge in [0.1, 0.15) is 11.5 Å². The van der Waals surface area contributed by atoms with E-state index >= 15 is 0 Å². The van der Waals surface area contributed by atoms with Gasteiger partial charge in [0.25, 0.3) is 0 Å². The molecule has 1 nitrogen and oxygen atoms in total. The summed E-state index contributed by atoms with van der Waals surface area (Å²) >= 11 is 0. The molecule has 0 saturated carbocycles. The minimum Gasteiger partial charge on any atom is -0.457 e. The minimum absolute atomic E-state index is 0.458. The van der Waals surface area contributed by atoms with E-state index in [1.54, 1.807) is 0 Å². The van der Waals surface area contributed by atoms with Crippen molar-refractivity contribution in [3.63, 3.8) is 0 Å². The van der Waals surface area contributed by atoms with Crippen LogP contribution in [0.1, 0.15) is 22.3 Å². The van der Waals surface area contributed by atoms with Crippen LogP contribution in [0.3, 0.4) is 0 Å². The molecule has 7 aromatic carbocycles. The molecule has 0 radical (unpaired) electrons. The Balaban J connectivity index is 1.29. The smallest absolute Gasteiger partial charge is 0.132 e. The second kappa shape index (κ2) is 8.80. The Hall–Kier alpha value is -5.40. The van der Waals surface area contributed by atoms with Gasteiger partial charge in [0, 0.05) is 11.1 Å². The van der Waals surface area contributed by atoms with Crippen LogP contribution in [0, 0.1) is 0 Å². The lowest BCUT2D eigenvalue weighted by molar-refractivity contribution is 0.436. The van der Waals surface area contributed by atoms with E-state index in [2.05, 4.69) is 158 Å². The molecule has 0 amide bonds. The van der Waals surface area contributed by atoms with E-state index in [1.807, 2.05) is 0 Å². The average Bonchev–Trinajstić information content (AvgIpc) is 3.35. The lowest BCUT2D eigenvalue weighted by Crippen LogP contribution is -2.32. The van der Waals surface area contributed by atoms with E-state index in [1.165, 1.54) is 66.4 Å². The maximum atomic E-state index is 6.63. The Morgan fingerprint density at radius 1 is 0.357 bits per heavy atom. The lowest BCUT2D eigenvalue weighted by Gasteiger charge is -2.39. The van der Waals surface area contributed by atoms with Gasteiger partial charge in [-0.2, -0.15) is 0 Å². The van der Waals surface area contributed by atoms with Crippen molar-refractivity contribution in [3.8, 4) is 44.9 Å². The zero-order valence-corrected chi connectivity index (χ0v) is 22.9. The SMILES string of the molecule is c1cc(-c2ccc3c(c2)C2(c4ccccc4O3)c3ccccc3-c3ccccc32)cc(-c2cccc3ccccc23)c1. The normalized spacial score (nSPS) is 13.6. The molecule has 0 N–H and O–H groups in total. The van der Waals surface area contributed by atoms with Crippen LogP contribution in [-0.2, 0) is 5.41 Å². The zero-order chi connectivity index (χ0) is 27.7. The molecule has 0 atom stereocenters. The summed E-state index contributed by atoms with van der Waals surface area (Å²) < 4.78 is 6.63. The molecule has 1 heterocycles. The molecule has 1 aliphatic heterocycles. The second-order valence-corrected chi connectivity index (χ2v) is 11.3. The van der Waals surface area contributed by atoms with Crippen LogP contribution in [0.25, 0.3) is 44.2 Å². The third kappa shape index (κ3) is 3.14. The van der Waals surface area contributed by atoms with Crippen molar-refractivity contribution < 1.29 is 4.74 Å². The van der Waals surface area contributed by atoms with Gasteiger partial charge >= 0.3 is 0 Å². The maximum Gasteiger partial charge on any atom is 0.132 e. The summed E-state index contributed by atoms with van der Waals surface area (Å²) in [4.78, 5) is 0. The maximum absolute atomic E-state index is 6.63. The van der Waals surface area contributed by atoms with E-state index in [0.717, 1.165) is 11.5 Å². The quantitative estimate of drug-likeness (QED) is 0.214. The summed E-state index contributed by atoms with van der Waals surface area (Å²) in [6, 6.07) is 57.1. The van der Waals surface area contributed by atoms with Gasteiger partial charge in [0.2, 0.25) is 0 Å². The lowest BCUT2D eigenvalue weighted by atomic mass is 9.66. The van der Waals surface area contributed by atoms with Crippen LogP contribution in [0.5, 0.6) is 11.5 Å². The minimum atomic E-state index is -0.458. The predicted octanol–water partition coefficient (Wildman–Crippen LogP) is 10.6. The van der Waals surface area contributed by atoms with E-state index in [0.29, 0.717) is 0 Å². The van der Waals surface area contributed by atoms with Gasteiger partial charge in [-0.15, -0.1) is 0 Å². The second-order valence-electron chi connectivity index (χ2n) is 11.3. The Bertz CT molecular complexity index is 2140. The van der Waals surface area contributed by atoms with Crippen LogP contribution in [0.4, 0.5) is 0 Å². The third-order valence-corrected chi connectivity index (χ3v) is 9.14. The number of fused-ring (bicyclic) bond motifs is 10. The summed E-state index contributed by atoms with van der Waals surface area (Å²) in [5.41, 5.74) is 12.0. The molecular formula is C41H26O. The number of para-hydroxylation sites is 1. The van der Waals surface area contributed by atoms with Gasteiger partial charge in [0.05, 0.1) is 5.41 Å². The van der Waals surface area contributed by atoms with Crippen LogP contribution in [0.15, 0.2) is 158 Å². The van der Waals surface area contributed by atoms with Gasteiger partial charge in [0.15, 0.2) is 0 Å². The predicted molar refractivity (Wildman–Crippen MR) is 172 cm³/mol. The van der Waals surface area contributed by atoms with Crippen molar-refractivity contribution in [1.29, 1.82) is 0 Å². The van der Waals surface area contributed by atoms with Crippen molar-refractivity contribution in [2.24, 2.45) is 0 Å². The molecular weight excluding hydrogens is 508 g/mol. The topological polar surface area (TPSA) is 9.23 Å². The van der Waals surface area contributed by atoms with Crippen molar-refractivity contribution in [3.05, 3.63) is 180 Å². The first-order valence-electron chi connectivity index (χ1n) is 14.5. The standard InChI is InChI=1S/C41H26O/c1-2-15-31-27(11-1)12-10-18-32(31)30-14-9-13-28(25-30)29-23-24-40-38(26-29)41(37-21-7-8-22-39(37)42-40)35-19-5-3-16-33(35)34-17-4-6-20-36(34)41/h1-26H. The van der Waals surface area contributed by atoms with E-state index < -0.39 is 5.41 Å². The van der Waals surface area contributed by atoms with E-state index in [-0.39, 0.29) is 0 Å². The van der Waals surface area contributed by atoms with Gasteiger partial charge in [-0.1, -0.05) is 133 Å². The fourth-order valence-electron chi connectivity index (χ4n) is 7.38. The molecule has 1 heteroatoms. The number of hydrogen-bond acceptors (Lipinski definition) is 1. The monoisotopic (exact) mass is 534 g/mol. The summed E-state index contributed by atoms with van der Waals surface area (Å²) in [6.45, 7) is 0. The zero-order valence-electron chi connectivity index (χ0n) is 22.9. The first kappa shape index (κ1) is 23.3. The first-order valence-corrected chi connectivity index (χ1v) is 14.5. The number of benzene rings is 7. The molecule has 9 rings (SSSR count). The summed E-state index contributed by atoms with van der Waals surface area (Å²) in [5, 5.41) is 2.52. The highest BCUT2D eigenvalue weighted by Crippen LogP contribution is 2.62. The van der Waals surface area contributed by atoms with Crippen molar-refractivity contribution >= 4 is 10.8 Å². The molecule has 0 aromatic heterocycles. The Morgan fingerprint density at radius 2 is 0.929 bits per heavy atom. The van der Waals surface area contributed by atoms with Crippen LogP contribution >= 0.6 is 0 Å². The molecule has 0 unspecified atom stereocenters. The highest BCUT2D eigenvalue weighted by Gasteiger charge is 2.50. The molecule has 1 spiro atoms. The van der Waals surface area contributed by atoms with Crippen LogP contribution in [0.2, 0.25) is 0 Å².